The molecule has 1 aromatic carbocycles. The smallest absolute Gasteiger partial charge is 0.0253 e. The van der Waals surface area contributed by atoms with Crippen LogP contribution in [0, 0.1) is 5.41 Å². The van der Waals surface area contributed by atoms with Crippen LogP contribution >= 0.6 is 0 Å². The third-order valence-electron chi connectivity index (χ3n) is 1.57. The zero-order valence-corrected chi connectivity index (χ0v) is 6.54. The first-order valence-electron chi connectivity index (χ1n) is 3.60. The summed E-state index contributed by atoms with van der Waals surface area (Å²) in [5.74, 6) is 0. The Balaban J connectivity index is 3.01. The van der Waals surface area contributed by atoms with E-state index < -0.39 is 0 Å². The summed E-state index contributed by atoms with van der Waals surface area (Å²) in [6.07, 6.45) is 3.30. The van der Waals surface area contributed by atoms with Crippen molar-refractivity contribution in [3.05, 3.63) is 42.0 Å². The van der Waals surface area contributed by atoms with Crippen molar-refractivity contribution < 1.29 is 0 Å². The second-order valence-electron chi connectivity index (χ2n) is 2.25. The number of nitrogens with one attached hydrogen (secondary N) is 1. The minimum Gasteiger partial charge on any atom is -0.308 e. The van der Waals surface area contributed by atoms with Gasteiger partial charge in [0.05, 0.1) is 0 Å². The lowest BCUT2D eigenvalue weighted by atomic mass is 10.1. The van der Waals surface area contributed by atoms with Crippen LogP contribution in [0.5, 0.6) is 0 Å². The zero-order chi connectivity index (χ0) is 8.10. The Morgan fingerprint density at radius 2 is 1.91 bits per heavy atom. The molecule has 0 saturated heterocycles. The van der Waals surface area contributed by atoms with Crippen LogP contribution in [0.1, 0.15) is 12.5 Å². The lowest BCUT2D eigenvalue weighted by Crippen LogP contribution is -1.82. The molecule has 0 unspecified atom stereocenters. The highest BCUT2D eigenvalue weighted by Gasteiger charge is 1.92. The summed E-state index contributed by atoms with van der Waals surface area (Å²) in [4.78, 5) is 0. The van der Waals surface area contributed by atoms with Crippen molar-refractivity contribution in [1.82, 2.24) is 0 Å². The molecule has 0 amide bonds. The molecule has 0 radical (unpaired) electrons. The average Bonchev–Trinajstić information content (AvgIpc) is 2.09. The Labute approximate surface area is 66.9 Å². The van der Waals surface area contributed by atoms with Crippen molar-refractivity contribution in [2.24, 2.45) is 0 Å². The molecule has 0 atom stereocenters. The number of hydrogen-bond donors (Lipinski definition) is 1. The molecular weight excluding hydrogens is 134 g/mol. The molecule has 0 spiro atoms. The van der Waals surface area contributed by atoms with Gasteiger partial charge in [0, 0.05) is 6.21 Å². The lowest BCUT2D eigenvalue weighted by Gasteiger charge is -1.97. The number of benzene rings is 1. The van der Waals surface area contributed by atoms with E-state index in [1.807, 2.05) is 43.3 Å². The Bertz CT molecular complexity index is 259. The highest BCUT2D eigenvalue weighted by Crippen LogP contribution is 2.10. The second-order valence-corrected chi connectivity index (χ2v) is 2.25. The van der Waals surface area contributed by atoms with E-state index in [1.165, 1.54) is 6.21 Å². The topological polar surface area (TPSA) is 23.9 Å². The molecule has 1 rings (SSSR count). The normalized spacial score (nSPS) is 11.2. The molecule has 1 heteroatoms. The number of hydrogen-bond acceptors (Lipinski definition) is 1. The lowest BCUT2D eigenvalue weighted by molar-refractivity contribution is 1.55. The van der Waals surface area contributed by atoms with Gasteiger partial charge >= 0.3 is 0 Å². The van der Waals surface area contributed by atoms with E-state index in [1.54, 1.807) is 0 Å². The Kier molecular flexibility index (Phi) is 2.61. The van der Waals surface area contributed by atoms with E-state index in [9.17, 15) is 0 Å². The Morgan fingerprint density at radius 3 is 2.36 bits per heavy atom. The fraction of sp³-hybridized carbons (Fsp3) is 0.100. The van der Waals surface area contributed by atoms with Gasteiger partial charge in [0.1, 0.15) is 0 Å². The Hall–Kier alpha value is -1.37. The summed E-state index contributed by atoms with van der Waals surface area (Å²) in [5.41, 5.74) is 2.07. The summed E-state index contributed by atoms with van der Waals surface area (Å²) >= 11 is 0. The molecule has 0 aliphatic heterocycles. The van der Waals surface area contributed by atoms with Gasteiger partial charge in [-0.3, -0.25) is 0 Å². The van der Waals surface area contributed by atoms with Crippen molar-refractivity contribution in [3.8, 4) is 0 Å². The molecule has 11 heavy (non-hydrogen) atoms. The highest BCUT2D eigenvalue weighted by molar-refractivity contribution is 6.08. The molecule has 0 bridgehead atoms. The molecule has 0 fully saturated rings. The van der Waals surface area contributed by atoms with E-state index in [-0.39, 0.29) is 0 Å². The molecule has 0 heterocycles. The van der Waals surface area contributed by atoms with E-state index in [4.69, 9.17) is 5.41 Å². The molecule has 0 aromatic heterocycles. The quantitative estimate of drug-likeness (QED) is 0.619. The molecule has 1 N–H and O–H groups in total. The van der Waals surface area contributed by atoms with E-state index in [0.29, 0.717) is 0 Å². The minimum absolute atomic E-state index is 0.964. The van der Waals surface area contributed by atoms with Crippen LogP contribution in [-0.4, -0.2) is 6.21 Å². The van der Waals surface area contributed by atoms with Crippen molar-refractivity contribution in [1.29, 1.82) is 5.41 Å². The van der Waals surface area contributed by atoms with Crippen molar-refractivity contribution in [2.75, 3.05) is 0 Å². The van der Waals surface area contributed by atoms with Gasteiger partial charge in [0.15, 0.2) is 0 Å². The first-order valence-corrected chi connectivity index (χ1v) is 3.60. The maximum atomic E-state index is 7.10. The van der Waals surface area contributed by atoms with Gasteiger partial charge in [-0.15, -0.1) is 0 Å². The van der Waals surface area contributed by atoms with Crippen LogP contribution in [0.25, 0.3) is 5.57 Å². The SMILES string of the molecule is CC=C(C=N)c1ccccc1. The van der Waals surface area contributed by atoms with Crippen LogP contribution in [-0.2, 0) is 0 Å². The monoisotopic (exact) mass is 145 g/mol. The summed E-state index contributed by atoms with van der Waals surface area (Å²) in [6.45, 7) is 1.94. The maximum absolute atomic E-state index is 7.10. The molecule has 1 nitrogen and oxygen atoms in total. The van der Waals surface area contributed by atoms with Gasteiger partial charge in [0.2, 0.25) is 0 Å². The average molecular weight is 145 g/mol. The van der Waals surface area contributed by atoms with E-state index >= 15 is 0 Å². The first-order chi connectivity index (χ1) is 5.38. The van der Waals surface area contributed by atoms with Gasteiger partial charge in [-0.2, -0.15) is 0 Å². The third-order valence-corrected chi connectivity index (χ3v) is 1.57. The fourth-order valence-corrected chi connectivity index (χ4v) is 0.964. The fourth-order valence-electron chi connectivity index (χ4n) is 0.964. The third kappa shape index (κ3) is 1.77. The summed E-state index contributed by atoms with van der Waals surface area (Å²) < 4.78 is 0. The van der Waals surface area contributed by atoms with Crippen molar-refractivity contribution >= 4 is 11.8 Å². The largest absolute Gasteiger partial charge is 0.308 e. The number of rotatable bonds is 2. The summed E-state index contributed by atoms with van der Waals surface area (Å²) in [7, 11) is 0. The van der Waals surface area contributed by atoms with Gasteiger partial charge in [-0.1, -0.05) is 36.4 Å². The molecule has 56 valence electrons. The molecule has 0 aliphatic carbocycles. The van der Waals surface area contributed by atoms with Gasteiger partial charge in [0.25, 0.3) is 0 Å². The van der Waals surface area contributed by atoms with Crippen molar-refractivity contribution in [2.45, 2.75) is 6.92 Å². The Morgan fingerprint density at radius 1 is 1.27 bits per heavy atom. The van der Waals surface area contributed by atoms with Crippen LogP contribution in [0.3, 0.4) is 0 Å². The predicted molar refractivity (Wildman–Crippen MR) is 48.9 cm³/mol. The van der Waals surface area contributed by atoms with Crippen LogP contribution in [0.4, 0.5) is 0 Å². The summed E-state index contributed by atoms with van der Waals surface area (Å²) in [5, 5.41) is 7.10. The minimum atomic E-state index is 0.964. The molecular formula is C10H11N. The molecule has 0 saturated carbocycles. The second kappa shape index (κ2) is 3.71. The van der Waals surface area contributed by atoms with E-state index in [2.05, 4.69) is 0 Å². The van der Waals surface area contributed by atoms with Crippen LogP contribution < -0.4 is 0 Å². The van der Waals surface area contributed by atoms with Gasteiger partial charge in [-0.05, 0) is 18.1 Å². The zero-order valence-electron chi connectivity index (χ0n) is 6.54. The van der Waals surface area contributed by atoms with Gasteiger partial charge < -0.3 is 5.41 Å². The standard InChI is InChI=1S/C10H11N/c1-2-9(8-11)10-6-4-3-5-7-10/h2-8,11H,1H3. The number of allylic oxidation sites excluding steroid dienone is 2. The molecule has 0 aliphatic rings. The van der Waals surface area contributed by atoms with Crippen LogP contribution in [0.15, 0.2) is 36.4 Å². The van der Waals surface area contributed by atoms with E-state index in [0.717, 1.165) is 11.1 Å². The van der Waals surface area contributed by atoms with Gasteiger partial charge in [-0.25, -0.2) is 0 Å². The maximum Gasteiger partial charge on any atom is 0.0253 e. The predicted octanol–water partition coefficient (Wildman–Crippen LogP) is 2.74. The molecule has 1 aromatic rings. The van der Waals surface area contributed by atoms with Crippen LogP contribution in [0.2, 0.25) is 0 Å². The van der Waals surface area contributed by atoms with Crippen molar-refractivity contribution in [3.63, 3.8) is 0 Å². The summed E-state index contributed by atoms with van der Waals surface area (Å²) in [6, 6.07) is 9.92. The highest BCUT2D eigenvalue weighted by atomic mass is 14.3. The first kappa shape index (κ1) is 7.73.